The van der Waals surface area contributed by atoms with Crippen LogP contribution >= 0.6 is 0 Å². The second-order valence-corrected chi connectivity index (χ2v) is 7.28. The van der Waals surface area contributed by atoms with E-state index in [-0.39, 0.29) is 12.1 Å². The molecule has 1 aromatic carbocycles. The fraction of sp³-hybridized carbons (Fsp3) is 0.357. The van der Waals surface area contributed by atoms with Gasteiger partial charge in [-0.05, 0) is 39.0 Å². The van der Waals surface area contributed by atoms with E-state index in [4.69, 9.17) is 5.11 Å². The molecule has 0 atom stereocenters. The van der Waals surface area contributed by atoms with Gasteiger partial charge in [0.05, 0.1) is 5.56 Å². The van der Waals surface area contributed by atoms with Gasteiger partial charge in [0, 0.05) is 12.1 Å². The maximum atomic E-state index is 14.0. The summed E-state index contributed by atoms with van der Waals surface area (Å²) >= 11 is 0. The molecule has 0 radical (unpaired) electrons. The molecule has 1 aromatic rings. The van der Waals surface area contributed by atoms with Crippen molar-refractivity contribution in [2.75, 3.05) is 6.54 Å². The van der Waals surface area contributed by atoms with Crippen molar-refractivity contribution in [3.8, 4) is 0 Å². The Bertz CT molecular complexity index is 662. The maximum absolute atomic E-state index is 14.0. The average molecular weight is 315 g/mol. The van der Waals surface area contributed by atoms with Crippen LogP contribution in [-0.2, 0) is 10.0 Å². The number of sulfonamides is 1. The molecule has 0 saturated heterocycles. The molecule has 1 rings (SSSR count). The second kappa shape index (κ2) is 5.95. The third kappa shape index (κ3) is 3.68. The van der Waals surface area contributed by atoms with Gasteiger partial charge in [0.1, 0.15) is 10.7 Å². The van der Waals surface area contributed by atoms with Gasteiger partial charge in [-0.3, -0.25) is 0 Å². The lowest BCUT2D eigenvalue weighted by Gasteiger charge is -2.33. The zero-order valence-electron chi connectivity index (χ0n) is 12.1. The van der Waals surface area contributed by atoms with Crippen LogP contribution in [0.3, 0.4) is 0 Å². The Morgan fingerprint density at radius 2 is 2.00 bits per heavy atom. The molecule has 1 N–H and O–H groups in total. The first-order chi connectivity index (χ1) is 9.51. The Labute approximate surface area is 123 Å². The van der Waals surface area contributed by atoms with Crippen molar-refractivity contribution < 1.29 is 22.7 Å². The molecule has 5 nitrogen and oxygen atoms in total. The third-order valence-corrected chi connectivity index (χ3v) is 4.95. The van der Waals surface area contributed by atoms with Gasteiger partial charge >= 0.3 is 5.97 Å². The first kappa shape index (κ1) is 17.3. The molecule has 0 fully saturated rings. The average Bonchev–Trinajstić information content (AvgIpc) is 2.33. The summed E-state index contributed by atoms with van der Waals surface area (Å²) in [6, 6.07) is 2.73. The van der Waals surface area contributed by atoms with E-state index in [1.54, 1.807) is 20.8 Å². The fourth-order valence-electron chi connectivity index (χ4n) is 1.81. The Morgan fingerprint density at radius 3 is 2.38 bits per heavy atom. The number of aromatic carboxylic acids is 1. The van der Waals surface area contributed by atoms with Crippen molar-refractivity contribution in [1.29, 1.82) is 0 Å². The van der Waals surface area contributed by atoms with Gasteiger partial charge in [0.15, 0.2) is 0 Å². The number of hydrogen-bond donors (Lipinski definition) is 1. The van der Waals surface area contributed by atoms with E-state index in [0.717, 1.165) is 16.4 Å². The van der Waals surface area contributed by atoms with Crippen molar-refractivity contribution in [1.82, 2.24) is 4.31 Å². The predicted octanol–water partition coefficient (Wildman–Crippen LogP) is 2.50. The molecule has 0 aromatic heterocycles. The number of carbonyl (C=O) groups is 1. The summed E-state index contributed by atoms with van der Waals surface area (Å²) in [7, 11) is -4.10. The molecule has 0 aliphatic heterocycles. The van der Waals surface area contributed by atoms with Crippen molar-refractivity contribution in [2.24, 2.45) is 0 Å². The maximum Gasteiger partial charge on any atom is 0.335 e. The zero-order valence-corrected chi connectivity index (χ0v) is 12.9. The first-order valence-electron chi connectivity index (χ1n) is 6.18. The molecule has 0 unspecified atom stereocenters. The van der Waals surface area contributed by atoms with E-state index in [1.165, 1.54) is 6.08 Å². The van der Waals surface area contributed by atoms with Crippen molar-refractivity contribution in [2.45, 2.75) is 31.2 Å². The van der Waals surface area contributed by atoms with Crippen LogP contribution in [0, 0.1) is 5.82 Å². The molecule has 0 heterocycles. The molecule has 0 spiro atoms. The summed E-state index contributed by atoms with van der Waals surface area (Å²) in [5, 5.41) is 8.79. The molecule has 21 heavy (non-hydrogen) atoms. The summed E-state index contributed by atoms with van der Waals surface area (Å²) in [5.74, 6) is -2.41. The SMILES string of the molecule is C=CCN(C(C)(C)C)S(=O)(=O)c1ccc(C(=O)O)cc1F. The predicted molar refractivity (Wildman–Crippen MR) is 77.2 cm³/mol. The lowest BCUT2D eigenvalue weighted by molar-refractivity contribution is 0.0696. The lowest BCUT2D eigenvalue weighted by atomic mass is 10.1. The first-order valence-corrected chi connectivity index (χ1v) is 7.62. The van der Waals surface area contributed by atoms with Crippen LogP contribution in [0.15, 0.2) is 35.7 Å². The highest BCUT2D eigenvalue weighted by Crippen LogP contribution is 2.26. The largest absolute Gasteiger partial charge is 0.478 e. The van der Waals surface area contributed by atoms with Crippen LogP contribution in [0.1, 0.15) is 31.1 Å². The Balaban J connectivity index is 3.42. The second-order valence-electron chi connectivity index (χ2n) is 5.45. The smallest absolute Gasteiger partial charge is 0.335 e. The Morgan fingerprint density at radius 1 is 1.43 bits per heavy atom. The van der Waals surface area contributed by atoms with Crippen molar-refractivity contribution >= 4 is 16.0 Å². The summed E-state index contributed by atoms with van der Waals surface area (Å²) < 4.78 is 40.2. The molecule has 0 aliphatic carbocycles. The van der Waals surface area contributed by atoms with E-state index in [1.807, 2.05) is 0 Å². The highest BCUT2D eigenvalue weighted by Gasteiger charge is 2.34. The number of carboxylic acid groups (broad SMARTS) is 1. The van der Waals surface area contributed by atoms with Gasteiger partial charge in [-0.2, -0.15) is 4.31 Å². The van der Waals surface area contributed by atoms with Gasteiger partial charge in [-0.15, -0.1) is 6.58 Å². The number of carboxylic acids is 1. The quantitative estimate of drug-likeness (QED) is 0.847. The van der Waals surface area contributed by atoms with Gasteiger partial charge in [-0.1, -0.05) is 6.08 Å². The van der Waals surface area contributed by atoms with Crippen LogP contribution in [0.2, 0.25) is 0 Å². The topological polar surface area (TPSA) is 74.7 Å². The Hall–Kier alpha value is -1.73. The molecule has 0 amide bonds. The van der Waals surface area contributed by atoms with E-state index in [2.05, 4.69) is 6.58 Å². The highest BCUT2D eigenvalue weighted by molar-refractivity contribution is 7.89. The van der Waals surface area contributed by atoms with Crippen LogP contribution in [0.25, 0.3) is 0 Å². The minimum absolute atomic E-state index is 0.0198. The van der Waals surface area contributed by atoms with Gasteiger partial charge in [-0.25, -0.2) is 17.6 Å². The Kier molecular flexibility index (Phi) is 4.91. The molecule has 7 heteroatoms. The summed E-state index contributed by atoms with van der Waals surface area (Å²) in [5.41, 5.74) is -1.08. The summed E-state index contributed by atoms with van der Waals surface area (Å²) in [4.78, 5) is 10.2. The number of rotatable bonds is 5. The molecule has 0 bridgehead atoms. The number of nitrogens with zero attached hydrogens (tertiary/aromatic N) is 1. The van der Waals surface area contributed by atoms with Crippen LogP contribution < -0.4 is 0 Å². The van der Waals surface area contributed by atoms with Crippen molar-refractivity contribution in [3.63, 3.8) is 0 Å². The summed E-state index contributed by atoms with van der Waals surface area (Å²) in [6.45, 7) is 8.56. The van der Waals surface area contributed by atoms with E-state index >= 15 is 0 Å². The molecular formula is C14H18FNO4S. The van der Waals surface area contributed by atoms with Crippen molar-refractivity contribution in [3.05, 3.63) is 42.2 Å². The third-order valence-electron chi connectivity index (χ3n) is 2.79. The molecule has 116 valence electrons. The molecule has 0 aliphatic rings. The fourth-order valence-corrected chi connectivity index (χ4v) is 3.62. The van der Waals surface area contributed by atoms with E-state index in [0.29, 0.717) is 6.07 Å². The van der Waals surface area contributed by atoms with Gasteiger partial charge < -0.3 is 5.11 Å². The standard InChI is InChI=1S/C14H18FNO4S/c1-5-8-16(14(2,3)4)21(19,20)12-7-6-10(13(17)18)9-11(12)15/h5-7,9H,1,8H2,2-4H3,(H,17,18). The molecule has 0 saturated carbocycles. The van der Waals surface area contributed by atoms with Crippen LogP contribution in [0.4, 0.5) is 4.39 Å². The summed E-state index contributed by atoms with van der Waals surface area (Å²) in [6.07, 6.45) is 1.41. The van der Waals surface area contributed by atoms with Gasteiger partial charge in [0.25, 0.3) is 0 Å². The zero-order chi connectivity index (χ0) is 16.4. The van der Waals surface area contributed by atoms with E-state index < -0.39 is 32.2 Å². The monoisotopic (exact) mass is 315 g/mol. The number of hydrogen-bond acceptors (Lipinski definition) is 3. The molecular weight excluding hydrogens is 297 g/mol. The number of benzene rings is 1. The minimum Gasteiger partial charge on any atom is -0.478 e. The normalized spacial score (nSPS) is 12.4. The minimum atomic E-state index is -4.10. The van der Waals surface area contributed by atoms with Crippen LogP contribution in [0.5, 0.6) is 0 Å². The highest BCUT2D eigenvalue weighted by atomic mass is 32.2. The lowest BCUT2D eigenvalue weighted by Crippen LogP contribution is -2.45. The van der Waals surface area contributed by atoms with Crippen LogP contribution in [-0.4, -0.2) is 35.9 Å². The van der Waals surface area contributed by atoms with E-state index in [9.17, 15) is 17.6 Å². The number of halogens is 1. The van der Waals surface area contributed by atoms with Gasteiger partial charge in [0.2, 0.25) is 10.0 Å².